The number of urea groups is 1. The number of hydrogen-bond acceptors (Lipinski definition) is 6. The summed E-state index contributed by atoms with van der Waals surface area (Å²) in [7, 11) is 1.22. The molecule has 0 radical (unpaired) electrons. The van der Waals surface area contributed by atoms with E-state index < -0.39 is 30.6 Å². The minimum absolute atomic E-state index is 0.0540. The highest BCUT2D eigenvalue weighted by atomic mass is 19.3. The summed E-state index contributed by atoms with van der Waals surface area (Å²) in [5.41, 5.74) is 0.787. The van der Waals surface area contributed by atoms with Gasteiger partial charge in [0.05, 0.1) is 12.7 Å². The largest absolute Gasteiger partial charge is 0.493 e. The first-order valence-corrected chi connectivity index (χ1v) is 8.76. The average molecular weight is 422 g/mol. The summed E-state index contributed by atoms with van der Waals surface area (Å²) >= 11 is 0. The quantitative estimate of drug-likeness (QED) is 0.635. The van der Waals surface area contributed by atoms with Gasteiger partial charge in [-0.05, 0) is 30.7 Å². The fourth-order valence-electron chi connectivity index (χ4n) is 2.31. The number of carbonyl (C=O) groups excluding carboxylic acids is 3. The van der Waals surface area contributed by atoms with E-state index in [0.717, 1.165) is 17.7 Å². The molecule has 1 unspecified atom stereocenters. The van der Waals surface area contributed by atoms with E-state index in [-0.39, 0.29) is 23.6 Å². The maximum absolute atomic E-state index is 12.4. The van der Waals surface area contributed by atoms with E-state index in [9.17, 15) is 23.2 Å². The van der Waals surface area contributed by atoms with E-state index in [1.54, 1.807) is 12.1 Å². The third kappa shape index (κ3) is 6.73. The maximum atomic E-state index is 12.4. The second-order valence-corrected chi connectivity index (χ2v) is 5.95. The van der Waals surface area contributed by atoms with Gasteiger partial charge >= 0.3 is 18.6 Å². The van der Waals surface area contributed by atoms with E-state index in [1.165, 1.54) is 20.1 Å². The van der Waals surface area contributed by atoms with E-state index >= 15 is 0 Å². The lowest BCUT2D eigenvalue weighted by atomic mass is 10.2. The number of amides is 3. The van der Waals surface area contributed by atoms with E-state index in [2.05, 4.69) is 15.4 Å². The molecule has 0 saturated heterocycles. The van der Waals surface area contributed by atoms with Crippen molar-refractivity contribution in [2.75, 3.05) is 7.11 Å². The minimum atomic E-state index is -3.06. The molecule has 0 aliphatic rings. The van der Waals surface area contributed by atoms with Crippen molar-refractivity contribution in [1.29, 1.82) is 0 Å². The molecule has 0 heterocycles. The monoisotopic (exact) mass is 422 g/mol. The molecule has 0 aliphatic carbocycles. The van der Waals surface area contributed by atoms with Gasteiger partial charge in [-0.3, -0.25) is 10.1 Å². The molecule has 2 aromatic rings. The average Bonchev–Trinajstić information content (AvgIpc) is 2.72. The summed E-state index contributed by atoms with van der Waals surface area (Å²) in [6, 6.07) is 11.7. The van der Waals surface area contributed by atoms with Crippen LogP contribution in [0.15, 0.2) is 48.5 Å². The molecule has 160 valence electrons. The van der Waals surface area contributed by atoms with Crippen LogP contribution in [0.1, 0.15) is 22.8 Å². The first kappa shape index (κ1) is 22.6. The molecule has 0 bridgehead atoms. The van der Waals surface area contributed by atoms with Gasteiger partial charge in [0.2, 0.25) is 0 Å². The van der Waals surface area contributed by atoms with E-state index in [4.69, 9.17) is 9.47 Å². The molecule has 2 aromatic carbocycles. The predicted molar refractivity (Wildman–Crippen MR) is 101 cm³/mol. The number of esters is 1. The first-order chi connectivity index (χ1) is 14.3. The number of hydrogen-bond donors (Lipinski definition) is 2. The lowest BCUT2D eigenvalue weighted by Crippen LogP contribution is -2.44. The molecular formula is C20H20F2N2O6. The van der Waals surface area contributed by atoms with Gasteiger partial charge in [0.1, 0.15) is 0 Å². The third-order valence-electron chi connectivity index (χ3n) is 3.80. The van der Waals surface area contributed by atoms with Gasteiger partial charge in [-0.1, -0.05) is 30.3 Å². The zero-order chi connectivity index (χ0) is 22.1. The second kappa shape index (κ2) is 10.7. The summed E-state index contributed by atoms with van der Waals surface area (Å²) in [6.07, 6.45) is -1.29. The van der Waals surface area contributed by atoms with Crippen LogP contribution < -0.4 is 20.1 Å². The molecule has 2 N–H and O–H groups in total. The van der Waals surface area contributed by atoms with Crippen LogP contribution >= 0.6 is 0 Å². The Bertz CT molecular complexity index is 892. The highest BCUT2D eigenvalue weighted by Gasteiger charge is 2.22. The molecule has 0 spiro atoms. The van der Waals surface area contributed by atoms with Gasteiger partial charge < -0.3 is 19.5 Å². The molecular weight excluding hydrogens is 402 g/mol. The van der Waals surface area contributed by atoms with Crippen molar-refractivity contribution in [1.82, 2.24) is 10.6 Å². The standard InChI is InChI=1S/C20H20F2N2O6/c1-12(17(25)24-20(27)23-11-13-6-4-3-5-7-13)29-18(26)14-8-9-15(30-19(21)22)16(10-14)28-2/h3-10,12,19H,11H2,1-2H3,(H2,23,24,25,27). The van der Waals surface area contributed by atoms with Crippen molar-refractivity contribution >= 4 is 17.9 Å². The normalized spacial score (nSPS) is 11.4. The van der Waals surface area contributed by atoms with Crippen LogP contribution in [0.25, 0.3) is 0 Å². The van der Waals surface area contributed by atoms with Crippen LogP contribution in [0.3, 0.4) is 0 Å². The van der Waals surface area contributed by atoms with Gasteiger partial charge in [-0.15, -0.1) is 0 Å². The topological polar surface area (TPSA) is 103 Å². The third-order valence-corrected chi connectivity index (χ3v) is 3.80. The van der Waals surface area contributed by atoms with Crippen LogP contribution in [0.5, 0.6) is 11.5 Å². The first-order valence-electron chi connectivity index (χ1n) is 8.76. The number of ether oxygens (including phenoxy) is 3. The minimum Gasteiger partial charge on any atom is -0.493 e. The number of benzene rings is 2. The van der Waals surface area contributed by atoms with E-state index in [0.29, 0.717) is 0 Å². The summed E-state index contributed by atoms with van der Waals surface area (Å²) in [4.78, 5) is 36.1. The second-order valence-electron chi connectivity index (χ2n) is 5.95. The van der Waals surface area contributed by atoms with Crippen LogP contribution in [-0.2, 0) is 16.1 Å². The summed E-state index contributed by atoms with van der Waals surface area (Å²) < 4.78 is 38.9. The molecule has 2 rings (SSSR count). The SMILES string of the molecule is COc1cc(C(=O)OC(C)C(=O)NC(=O)NCc2ccccc2)ccc1OC(F)F. The number of nitrogens with one attached hydrogen (secondary N) is 2. The summed E-state index contributed by atoms with van der Waals surface area (Å²) in [5, 5.41) is 4.57. The Labute approximate surface area is 171 Å². The fraction of sp³-hybridized carbons (Fsp3) is 0.250. The fourth-order valence-corrected chi connectivity index (χ4v) is 2.31. The molecule has 10 heteroatoms. The Morgan fingerprint density at radius 1 is 1.03 bits per heavy atom. The zero-order valence-corrected chi connectivity index (χ0v) is 16.2. The van der Waals surface area contributed by atoms with Crippen molar-refractivity contribution < 1.29 is 37.4 Å². The molecule has 8 nitrogen and oxygen atoms in total. The van der Waals surface area contributed by atoms with Crippen molar-refractivity contribution in [3.63, 3.8) is 0 Å². The molecule has 3 amide bonds. The Hall–Kier alpha value is -3.69. The molecule has 0 fully saturated rings. The number of imide groups is 1. The lowest BCUT2D eigenvalue weighted by Gasteiger charge is -2.14. The van der Waals surface area contributed by atoms with Crippen molar-refractivity contribution in [2.24, 2.45) is 0 Å². The number of alkyl halides is 2. The zero-order valence-electron chi connectivity index (χ0n) is 16.2. The van der Waals surface area contributed by atoms with Crippen molar-refractivity contribution in [3.8, 4) is 11.5 Å². The maximum Gasteiger partial charge on any atom is 0.387 e. The molecule has 0 saturated carbocycles. The lowest BCUT2D eigenvalue weighted by molar-refractivity contribution is -0.127. The highest BCUT2D eigenvalue weighted by molar-refractivity contribution is 5.98. The predicted octanol–water partition coefficient (Wildman–Crippen LogP) is 2.87. The number of rotatable bonds is 8. The Kier molecular flexibility index (Phi) is 8.09. The summed E-state index contributed by atoms with van der Waals surface area (Å²) in [6.45, 7) is -1.57. The Balaban J connectivity index is 1.89. The van der Waals surface area contributed by atoms with Gasteiger partial charge in [-0.2, -0.15) is 8.78 Å². The van der Waals surface area contributed by atoms with Crippen LogP contribution in [0, 0.1) is 0 Å². The van der Waals surface area contributed by atoms with Gasteiger partial charge in [0, 0.05) is 6.54 Å². The Morgan fingerprint density at radius 3 is 2.37 bits per heavy atom. The molecule has 1 atom stereocenters. The Morgan fingerprint density at radius 2 is 1.73 bits per heavy atom. The summed E-state index contributed by atoms with van der Waals surface area (Å²) in [5.74, 6) is -2.12. The van der Waals surface area contributed by atoms with Crippen LogP contribution in [-0.4, -0.2) is 37.7 Å². The van der Waals surface area contributed by atoms with Gasteiger partial charge in [0.15, 0.2) is 17.6 Å². The van der Waals surface area contributed by atoms with Crippen molar-refractivity contribution in [2.45, 2.75) is 26.2 Å². The highest BCUT2D eigenvalue weighted by Crippen LogP contribution is 2.29. The number of halogens is 2. The van der Waals surface area contributed by atoms with Crippen LogP contribution in [0.2, 0.25) is 0 Å². The molecule has 0 aromatic heterocycles. The molecule has 0 aliphatic heterocycles. The van der Waals surface area contributed by atoms with Gasteiger partial charge in [0.25, 0.3) is 5.91 Å². The van der Waals surface area contributed by atoms with Crippen LogP contribution in [0.4, 0.5) is 13.6 Å². The number of methoxy groups -OCH3 is 1. The smallest absolute Gasteiger partial charge is 0.387 e. The van der Waals surface area contributed by atoms with Crippen molar-refractivity contribution in [3.05, 3.63) is 59.7 Å². The van der Waals surface area contributed by atoms with E-state index in [1.807, 2.05) is 18.2 Å². The van der Waals surface area contributed by atoms with Gasteiger partial charge in [-0.25, -0.2) is 9.59 Å². The molecule has 30 heavy (non-hydrogen) atoms. The number of carbonyl (C=O) groups is 3.